The highest BCUT2D eigenvalue weighted by atomic mass is 32.2. The SMILES string of the molecule is Cc1nc(CSc2ccccc2C(=O)NCc2ccc3c(c2)OCCO3)no1. The average molecular weight is 397 g/mol. The molecule has 0 radical (unpaired) electrons. The fourth-order valence-corrected chi connectivity index (χ4v) is 3.69. The fourth-order valence-electron chi connectivity index (χ4n) is 2.80. The standard InChI is InChI=1S/C20H19N3O4S/c1-13-22-19(23-27-13)12-28-18-5-3-2-4-15(18)20(24)21-11-14-6-7-16-17(10-14)26-9-8-25-16/h2-7,10H,8-9,11-12H2,1H3,(H,21,24). The van der Waals surface area contributed by atoms with Crippen LogP contribution < -0.4 is 14.8 Å². The molecule has 1 aliphatic rings. The number of rotatable bonds is 6. The van der Waals surface area contributed by atoms with Crippen LogP contribution in [0.25, 0.3) is 0 Å². The van der Waals surface area contributed by atoms with Crippen molar-refractivity contribution in [1.29, 1.82) is 0 Å². The number of nitrogens with zero attached hydrogens (tertiary/aromatic N) is 2. The van der Waals surface area contributed by atoms with E-state index in [1.54, 1.807) is 6.92 Å². The molecule has 28 heavy (non-hydrogen) atoms. The number of nitrogens with one attached hydrogen (secondary N) is 1. The third kappa shape index (κ3) is 4.28. The Labute approximate surface area is 166 Å². The minimum atomic E-state index is -0.137. The Morgan fingerprint density at radius 2 is 1.96 bits per heavy atom. The Bertz CT molecular complexity index is 989. The van der Waals surface area contributed by atoms with E-state index in [0.29, 0.717) is 48.5 Å². The number of benzene rings is 2. The molecule has 4 rings (SSSR count). The van der Waals surface area contributed by atoms with E-state index in [4.69, 9.17) is 14.0 Å². The lowest BCUT2D eigenvalue weighted by molar-refractivity contribution is 0.0948. The second-order valence-corrected chi connectivity index (χ2v) is 7.19. The Balaban J connectivity index is 1.40. The van der Waals surface area contributed by atoms with Crippen LogP contribution in [0.4, 0.5) is 0 Å². The van der Waals surface area contributed by atoms with Crippen LogP contribution in [0.15, 0.2) is 51.9 Å². The summed E-state index contributed by atoms with van der Waals surface area (Å²) >= 11 is 1.50. The van der Waals surface area contributed by atoms with E-state index in [1.807, 2.05) is 42.5 Å². The molecule has 3 aromatic rings. The molecule has 8 heteroatoms. The van der Waals surface area contributed by atoms with Crippen LogP contribution in [0.5, 0.6) is 11.5 Å². The van der Waals surface area contributed by atoms with Gasteiger partial charge in [-0.05, 0) is 29.8 Å². The summed E-state index contributed by atoms with van der Waals surface area (Å²) in [6.45, 7) is 3.24. The number of amides is 1. The highest BCUT2D eigenvalue weighted by molar-refractivity contribution is 7.98. The van der Waals surface area contributed by atoms with Crippen LogP contribution in [0.3, 0.4) is 0 Å². The zero-order chi connectivity index (χ0) is 19.3. The molecule has 0 atom stereocenters. The van der Waals surface area contributed by atoms with Gasteiger partial charge >= 0.3 is 0 Å². The summed E-state index contributed by atoms with van der Waals surface area (Å²) in [6.07, 6.45) is 0. The molecule has 1 N–H and O–H groups in total. The first-order chi connectivity index (χ1) is 13.7. The van der Waals surface area contributed by atoms with E-state index in [1.165, 1.54) is 11.8 Å². The number of ether oxygens (including phenoxy) is 2. The van der Waals surface area contributed by atoms with Crippen LogP contribution >= 0.6 is 11.8 Å². The third-order valence-corrected chi connectivity index (χ3v) is 5.19. The zero-order valence-corrected chi connectivity index (χ0v) is 16.1. The Morgan fingerprint density at radius 3 is 2.79 bits per heavy atom. The number of fused-ring (bicyclic) bond motifs is 1. The van der Waals surface area contributed by atoms with Gasteiger partial charge < -0.3 is 19.3 Å². The first kappa shape index (κ1) is 18.4. The van der Waals surface area contributed by atoms with Crippen molar-refractivity contribution in [2.24, 2.45) is 0 Å². The first-order valence-corrected chi connectivity index (χ1v) is 9.85. The van der Waals surface area contributed by atoms with Crippen LogP contribution in [-0.4, -0.2) is 29.3 Å². The van der Waals surface area contributed by atoms with Gasteiger partial charge in [-0.1, -0.05) is 23.4 Å². The van der Waals surface area contributed by atoms with E-state index in [-0.39, 0.29) is 5.91 Å². The van der Waals surface area contributed by atoms with Crippen molar-refractivity contribution in [3.05, 3.63) is 65.3 Å². The molecule has 144 valence electrons. The van der Waals surface area contributed by atoms with E-state index in [9.17, 15) is 4.79 Å². The van der Waals surface area contributed by atoms with Crippen molar-refractivity contribution < 1.29 is 18.8 Å². The number of carbonyl (C=O) groups excluding carboxylic acids is 1. The van der Waals surface area contributed by atoms with Crippen molar-refractivity contribution in [3.63, 3.8) is 0 Å². The van der Waals surface area contributed by atoms with Crippen molar-refractivity contribution in [1.82, 2.24) is 15.5 Å². The molecule has 1 aliphatic heterocycles. The predicted octanol–water partition coefficient (Wildman–Crippen LogP) is 3.37. The molecule has 0 unspecified atom stereocenters. The summed E-state index contributed by atoms with van der Waals surface area (Å²) < 4.78 is 16.1. The van der Waals surface area contributed by atoms with Crippen molar-refractivity contribution in [2.45, 2.75) is 24.1 Å². The number of hydrogen-bond acceptors (Lipinski definition) is 7. The third-order valence-electron chi connectivity index (χ3n) is 4.12. The largest absolute Gasteiger partial charge is 0.486 e. The molecule has 0 aliphatic carbocycles. The van der Waals surface area contributed by atoms with E-state index < -0.39 is 0 Å². The van der Waals surface area contributed by atoms with Gasteiger partial charge in [0.25, 0.3) is 5.91 Å². The lowest BCUT2D eigenvalue weighted by Gasteiger charge is -2.19. The van der Waals surface area contributed by atoms with Gasteiger partial charge in [0.05, 0.1) is 11.3 Å². The normalized spacial score (nSPS) is 12.6. The topological polar surface area (TPSA) is 86.5 Å². The molecule has 0 bridgehead atoms. The molecule has 0 spiro atoms. The minimum Gasteiger partial charge on any atom is -0.486 e. The summed E-state index contributed by atoms with van der Waals surface area (Å²) in [5.74, 6) is 2.98. The summed E-state index contributed by atoms with van der Waals surface area (Å²) in [7, 11) is 0. The summed E-state index contributed by atoms with van der Waals surface area (Å²) in [4.78, 5) is 17.8. The lowest BCUT2D eigenvalue weighted by Crippen LogP contribution is -2.23. The molecule has 7 nitrogen and oxygen atoms in total. The monoisotopic (exact) mass is 397 g/mol. The minimum absolute atomic E-state index is 0.137. The van der Waals surface area contributed by atoms with Gasteiger partial charge in [-0.3, -0.25) is 4.79 Å². The Hall–Kier alpha value is -3.00. The first-order valence-electron chi connectivity index (χ1n) is 8.87. The van der Waals surface area contributed by atoms with Crippen LogP contribution in [0.1, 0.15) is 27.6 Å². The number of thioether (sulfide) groups is 1. The van der Waals surface area contributed by atoms with Crippen molar-refractivity contribution in [2.75, 3.05) is 13.2 Å². The molecular weight excluding hydrogens is 378 g/mol. The maximum atomic E-state index is 12.7. The van der Waals surface area contributed by atoms with Gasteiger partial charge in [-0.25, -0.2) is 0 Å². The number of hydrogen-bond donors (Lipinski definition) is 1. The molecule has 1 aromatic heterocycles. The molecule has 0 saturated carbocycles. The number of aromatic nitrogens is 2. The van der Waals surface area contributed by atoms with Gasteiger partial charge in [-0.15, -0.1) is 11.8 Å². The van der Waals surface area contributed by atoms with Gasteiger partial charge in [0.1, 0.15) is 13.2 Å². The van der Waals surface area contributed by atoms with Crippen LogP contribution in [0, 0.1) is 6.92 Å². The molecule has 1 amide bonds. The molecule has 0 saturated heterocycles. The number of aryl methyl sites for hydroxylation is 1. The predicted molar refractivity (Wildman–Crippen MR) is 104 cm³/mol. The number of carbonyl (C=O) groups is 1. The lowest BCUT2D eigenvalue weighted by atomic mass is 10.1. The van der Waals surface area contributed by atoms with Gasteiger partial charge in [0, 0.05) is 18.4 Å². The average Bonchev–Trinajstić information content (AvgIpc) is 3.15. The van der Waals surface area contributed by atoms with Gasteiger partial charge in [0.15, 0.2) is 17.3 Å². The Kier molecular flexibility index (Phi) is 5.48. The molecular formula is C20H19N3O4S. The highest BCUT2D eigenvalue weighted by Crippen LogP contribution is 2.31. The van der Waals surface area contributed by atoms with Gasteiger partial charge in [0.2, 0.25) is 5.89 Å². The zero-order valence-electron chi connectivity index (χ0n) is 15.3. The highest BCUT2D eigenvalue weighted by Gasteiger charge is 2.15. The van der Waals surface area contributed by atoms with Crippen LogP contribution in [0.2, 0.25) is 0 Å². The van der Waals surface area contributed by atoms with E-state index in [0.717, 1.165) is 16.2 Å². The second-order valence-electron chi connectivity index (χ2n) is 6.18. The summed E-state index contributed by atoms with van der Waals surface area (Å²) in [5, 5.41) is 6.85. The molecule has 2 heterocycles. The molecule has 0 fully saturated rings. The van der Waals surface area contributed by atoms with Crippen molar-refractivity contribution >= 4 is 17.7 Å². The van der Waals surface area contributed by atoms with Crippen LogP contribution in [-0.2, 0) is 12.3 Å². The smallest absolute Gasteiger partial charge is 0.252 e. The van der Waals surface area contributed by atoms with Gasteiger partial charge in [-0.2, -0.15) is 4.98 Å². The summed E-state index contributed by atoms with van der Waals surface area (Å²) in [5.41, 5.74) is 1.57. The Morgan fingerprint density at radius 1 is 1.14 bits per heavy atom. The maximum Gasteiger partial charge on any atom is 0.252 e. The quantitative estimate of drug-likeness (QED) is 0.638. The maximum absolute atomic E-state index is 12.7. The van der Waals surface area contributed by atoms with E-state index in [2.05, 4.69) is 15.5 Å². The van der Waals surface area contributed by atoms with E-state index >= 15 is 0 Å². The van der Waals surface area contributed by atoms with Crippen molar-refractivity contribution in [3.8, 4) is 11.5 Å². The molecule has 2 aromatic carbocycles. The summed E-state index contributed by atoms with van der Waals surface area (Å²) in [6, 6.07) is 13.2. The fraction of sp³-hybridized carbons (Fsp3) is 0.250. The second kappa shape index (κ2) is 8.35.